The molecular weight excluding hydrogens is 136 g/mol. The summed E-state index contributed by atoms with van der Waals surface area (Å²) >= 11 is 0. The maximum Gasteiger partial charge on any atom is 0.111 e. The summed E-state index contributed by atoms with van der Waals surface area (Å²) in [6, 6.07) is 0. The largest absolute Gasteiger partial charge is 0.508 e. The van der Waals surface area contributed by atoms with Gasteiger partial charge in [-0.2, -0.15) is 0 Å². The summed E-state index contributed by atoms with van der Waals surface area (Å²) in [7, 11) is 0. The van der Waals surface area contributed by atoms with Crippen LogP contribution in [0.4, 0.5) is 0 Å². The number of hydrogen-bond acceptors (Lipinski definition) is 1. The van der Waals surface area contributed by atoms with Crippen LogP contribution in [-0.2, 0) is 0 Å². The van der Waals surface area contributed by atoms with Crippen molar-refractivity contribution in [2.45, 2.75) is 13.8 Å². The minimum Gasteiger partial charge on any atom is -0.508 e. The van der Waals surface area contributed by atoms with Crippen LogP contribution in [0.25, 0.3) is 0 Å². The third-order valence-electron chi connectivity index (χ3n) is 2.40. The molecule has 58 valence electrons. The third-order valence-corrected chi connectivity index (χ3v) is 2.40. The van der Waals surface area contributed by atoms with Crippen molar-refractivity contribution in [1.29, 1.82) is 0 Å². The summed E-state index contributed by atoms with van der Waals surface area (Å²) in [6.45, 7) is 4.26. The third kappa shape index (κ3) is 0.917. The maximum atomic E-state index is 9.16. The molecule has 2 aliphatic carbocycles. The topological polar surface area (TPSA) is 20.2 Å². The number of aliphatic hydroxyl groups excluding tert-OH is 1. The van der Waals surface area contributed by atoms with E-state index in [9.17, 15) is 0 Å². The second kappa shape index (κ2) is 2.00. The molecule has 0 amide bonds. The molecule has 1 N–H and O–H groups in total. The molecule has 1 heteroatoms. The van der Waals surface area contributed by atoms with Crippen LogP contribution >= 0.6 is 0 Å². The Kier molecular flexibility index (Phi) is 1.22. The Labute approximate surface area is 66.7 Å². The van der Waals surface area contributed by atoms with Gasteiger partial charge >= 0.3 is 0 Å². The van der Waals surface area contributed by atoms with Crippen molar-refractivity contribution in [2.24, 2.45) is 11.8 Å². The van der Waals surface area contributed by atoms with Crippen molar-refractivity contribution in [3.8, 4) is 0 Å². The van der Waals surface area contributed by atoms with Gasteiger partial charge in [0.05, 0.1) is 0 Å². The highest BCUT2D eigenvalue weighted by molar-refractivity contribution is 5.47. The molecule has 2 atom stereocenters. The average molecular weight is 148 g/mol. The van der Waals surface area contributed by atoms with Crippen molar-refractivity contribution in [3.63, 3.8) is 0 Å². The van der Waals surface area contributed by atoms with Gasteiger partial charge in [0, 0.05) is 11.8 Å². The SMILES string of the molecule is CC(C)=C1[C@H]2C=CC(O)=C[C@H]12. The van der Waals surface area contributed by atoms with E-state index in [1.54, 1.807) is 6.08 Å². The second-order valence-corrected chi connectivity index (χ2v) is 3.46. The molecule has 0 aromatic heterocycles. The molecule has 0 bridgehead atoms. The number of allylic oxidation sites excluding steroid dienone is 5. The molecule has 0 radical (unpaired) electrons. The molecule has 0 saturated heterocycles. The highest BCUT2D eigenvalue weighted by Gasteiger charge is 2.42. The summed E-state index contributed by atoms with van der Waals surface area (Å²) in [5.41, 5.74) is 2.89. The summed E-state index contributed by atoms with van der Waals surface area (Å²) in [4.78, 5) is 0. The van der Waals surface area contributed by atoms with Gasteiger partial charge in [-0.05, 0) is 26.0 Å². The predicted molar refractivity (Wildman–Crippen MR) is 45.2 cm³/mol. The summed E-state index contributed by atoms with van der Waals surface area (Å²) in [6.07, 6.45) is 5.81. The maximum absolute atomic E-state index is 9.16. The van der Waals surface area contributed by atoms with Gasteiger partial charge in [-0.1, -0.05) is 17.2 Å². The number of hydrogen-bond donors (Lipinski definition) is 1. The first-order valence-corrected chi connectivity index (χ1v) is 3.96. The fourth-order valence-electron chi connectivity index (χ4n) is 1.83. The monoisotopic (exact) mass is 148 g/mol. The van der Waals surface area contributed by atoms with E-state index in [-0.39, 0.29) is 0 Å². The van der Waals surface area contributed by atoms with Crippen molar-refractivity contribution in [1.82, 2.24) is 0 Å². The molecule has 0 heterocycles. The second-order valence-electron chi connectivity index (χ2n) is 3.46. The van der Waals surface area contributed by atoms with Crippen LogP contribution < -0.4 is 0 Å². The first kappa shape index (κ1) is 6.71. The molecule has 0 aromatic rings. The normalized spacial score (nSPS) is 32.9. The molecule has 2 rings (SSSR count). The molecule has 1 nitrogen and oxygen atoms in total. The van der Waals surface area contributed by atoms with Crippen LogP contribution in [-0.4, -0.2) is 5.11 Å². The van der Waals surface area contributed by atoms with Crippen LogP contribution in [0, 0.1) is 11.8 Å². The molecule has 0 aromatic carbocycles. The smallest absolute Gasteiger partial charge is 0.111 e. The van der Waals surface area contributed by atoms with Gasteiger partial charge < -0.3 is 5.11 Å². The lowest BCUT2D eigenvalue weighted by Gasteiger charge is -1.94. The van der Waals surface area contributed by atoms with Crippen LogP contribution in [0.2, 0.25) is 0 Å². The van der Waals surface area contributed by atoms with E-state index in [4.69, 9.17) is 5.11 Å². The zero-order valence-electron chi connectivity index (χ0n) is 6.83. The minimum absolute atomic E-state index is 0.419. The minimum atomic E-state index is 0.419. The molecule has 1 saturated carbocycles. The molecule has 0 spiro atoms. The highest BCUT2D eigenvalue weighted by atomic mass is 16.3. The fraction of sp³-hybridized carbons (Fsp3) is 0.400. The molecular formula is C10H12O. The summed E-state index contributed by atoms with van der Waals surface area (Å²) in [5.74, 6) is 1.54. The van der Waals surface area contributed by atoms with Gasteiger partial charge in [-0.15, -0.1) is 0 Å². The molecule has 0 aliphatic heterocycles. The van der Waals surface area contributed by atoms with Gasteiger partial charge in [0.2, 0.25) is 0 Å². The first-order valence-electron chi connectivity index (χ1n) is 3.96. The lowest BCUT2D eigenvalue weighted by Crippen LogP contribution is -1.84. The van der Waals surface area contributed by atoms with E-state index < -0.39 is 0 Å². The van der Waals surface area contributed by atoms with Crippen LogP contribution in [0.5, 0.6) is 0 Å². The van der Waals surface area contributed by atoms with Crippen LogP contribution in [0.15, 0.2) is 35.1 Å². The standard InChI is InChI=1S/C10H12O/c1-6(2)10-8-4-3-7(11)5-9(8)10/h3-5,8-9,11H,1-2H3/t8-,9-/m0/s1. The van der Waals surface area contributed by atoms with Crippen molar-refractivity contribution >= 4 is 0 Å². The van der Waals surface area contributed by atoms with E-state index >= 15 is 0 Å². The Morgan fingerprint density at radius 2 is 2.09 bits per heavy atom. The van der Waals surface area contributed by atoms with Crippen LogP contribution in [0.3, 0.4) is 0 Å². The van der Waals surface area contributed by atoms with Gasteiger partial charge in [0.15, 0.2) is 0 Å². The lowest BCUT2D eigenvalue weighted by atomic mass is 10.2. The van der Waals surface area contributed by atoms with Gasteiger partial charge in [-0.25, -0.2) is 0 Å². The Morgan fingerprint density at radius 1 is 1.36 bits per heavy atom. The Hall–Kier alpha value is -0.980. The zero-order valence-corrected chi connectivity index (χ0v) is 6.83. The van der Waals surface area contributed by atoms with Crippen molar-refractivity contribution in [2.75, 3.05) is 0 Å². The number of rotatable bonds is 0. The Bertz CT molecular complexity index is 277. The fourth-order valence-corrected chi connectivity index (χ4v) is 1.83. The van der Waals surface area contributed by atoms with E-state index in [0.29, 0.717) is 17.6 Å². The predicted octanol–water partition coefficient (Wildman–Crippen LogP) is 2.58. The summed E-state index contributed by atoms with van der Waals surface area (Å²) < 4.78 is 0. The van der Waals surface area contributed by atoms with Crippen molar-refractivity contribution in [3.05, 3.63) is 35.1 Å². The highest BCUT2D eigenvalue weighted by Crippen LogP contribution is 2.51. The summed E-state index contributed by atoms with van der Waals surface area (Å²) in [5, 5.41) is 9.16. The van der Waals surface area contributed by atoms with Gasteiger partial charge in [-0.3, -0.25) is 0 Å². The first-order chi connectivity index (χ1) is 5.20. The van der Waals surface area contributed by atoms with Crippen molar-refractivity contribution < 1.29 is 5.11 Å². The van der Waals surface area contributed by atoms with E-state index in [1.807, 2.05) is 6.08 Å². The van der Waals surface area contributed by atoms with E-state index in [1.165, 1.54) is 11.1 Å². The average Bonchev–Trinajstić information content (AvgIpc) is 2.60. The van der Waals surface area contributed by atoms with Gasteiger partial charge in [0.1, 0.15) is 5.76 Å². The molecule has 0 unspecified atom stereocenters. The Balaban J connectivity index is 2.31. The molecule has 1 fully saturated rings. The number of aliphatic hydroxyl groups is 1. The van der Waals surface area contributed by atoms with E-state index in [0.717, 1.165) is 0 Å². The molecule has 11 heavy (non-hydrogen) atoms. The van der Waals surface area contributed by atoms with E-state index in [2.05, 4.69) is 19.9 Å². The van der Waals surface area contributed by atoms with Gasteiger partial charge in [0.25, 0.3) is 0 Å². The lowest BCUT2D eigenvalue weighted by molar-refractivity contribution is 0.426. The molecule has 2 aliphatic rings. The van der Waals surface area contributed by atoms with Crippen LogP contribution in [0.1, 0.15) is 13.8 Å². The zero-order chi connectivity index (χ0) is 8.01. The number of fused-ring (bicyclic) bond motifs is 1. The Morgan fingerprint density at radius 3 is 2.64 bits per heavy atom. The quantitative estimate of drug-likeness (QED) is 0.523.